The first kappa shape index (κ1) is 15.5. The zero-order valence-electron chi connectivity index (χ0n) is 14.0. The van der Waals surface area contributed by atoms with Crippen molar-refractivity contribution in [1.82, 2.24) is 0 Å². The standard InChI is InChI=1S/C19H21NO4/c1-10(21)17-15-11(2)24-19(23-3)18(22)16(15)14-9-8-12-6-4-5-7-13(12)20(14)17/h4-9,11,14-17,19H,1-3H3/t11?,14-,15-,16-,17-,19+/m1/s1. The van der Waals surface area contributed by atoms with Gasteiger partial charge in [0.05, 0.1) is 24.1 Å². The van der Waals surface area contributed by atoms with Crippen LogP contribution in [0.1, 0.15) is 19.4 Å². The van der Waals surface area contributed by atoms with Crippen molar-refractivity contribution in [2.45, 2.75) is 38.3 Å². The largest absolute Gasteiger partial charge is 0.353 e. The van der Waals surface area contributed by atoms with Crippen molar-refractivity contribution in [2.24, 2.45) is 11.8 Å². The van der Waals surface area contributed by atoms with E-state index in [1.165, 1.54) is 7.11 Å². The summed E-state index contributed by atoms with van der Waals surface area (Å²) >= 11 is 0. The average Bonchev–Trinajstić information content (AvgIpc) is 2.94. The Hall–Kier alpha value is -1.98. The van der Waals surface area contributed by atoms with Gasteiger partial charge in [-0.1, -0.05) is 30.4 Å². The zero-order valence-corrected chi connectivity index (χ0v) is 14.0. The molecule has 126 valence electrons. The number of carbonyl (C=O) groups excluding carboxylic acids is 2. The molecule has 2 saturated heterocycles. The van der Waals surface area contributed by atoms with Gasteiger partial charge in [0.2, 0.25) is 6.29 Å². The van der Waals surface area contributed by atoms with Crippen LogP contribution in [0.25, 0.3) is 6.08 Å². The van der Waals surface area contributed by atoms with E-state index < -0.39 is 6.29 Å². The molecule has 0 radical (unpaired) electrons. The van der Waals surface area contributed by atoms with E-state index in [-0.39, 0.29) is 41.6 Å². The van der Waals surface area contributed by atoms with E-state index >= 15 is 0 Å². The number of hydrogen-bond donors (Lipinski definition) is 0. The Morgan fingerprint density at radius 1 is 1.29 bits per heavy atom. The van der Waals surface area contributed by atoms with E-state index in [4.69, 9.17) is 9.47 Å². The maximum absolute atomic E-state index is 12.9. The molecule has 0 amide bonds. The van der Waals surface area contributed by atoms with Crippen LogP contribution < -0.4 is 4.90 Å². The van der Waals surface area contributed by atoms with Crippen LogP contribution in [0.3, 0.4) is 0 Å². The molecule has 0 saturated carbocycles. The van der Waals surface area contributed by atoms with Crippen molar-refractivity contribution < 1.29 is 19.1 Å². The van der Waals surface area contributed by atoms with Crippen molar-refractivity contribution in [1.29, 1.82) is 0 Å². The minimum Gasteiger partial charge on any atom is -0.353 e. The Balaban J connectivity index is 1.86. The van der Waals surface area contributed by atoms with Crippen LogP contribution in [0, 0.1) is 11.8 Å². The van der Waals surface area contributed by atoms with Crippen molar-refractivity contribution in [3.8, 4) is 0 Å². The van der Waals surface area contributed by atoms with Crippen LogP contribution in [0.2, 0.25) is 0 Å². The summed E-state index contributed by atoms with van der Waals surface area (Å²) in [5, 5.41) is 0. The van der Waals surface area contributed by atoms with Crippen LogP contribution in [0.4, 0.5) is 5.69 Å². The molecule has 5 nitrogen and oxygen atoms in total. The molecular formula is C19H21NO4. The summed E-state index contributed by atoms with van der Waals surface area (Å²) in [5.74, 6) is -0.459. The molecule has 0 aromatic heterocycles. The lowest BCUT2D eigenvalue weighted by Crippen LogP contribution is -2.51. The number of carbonyl (C=O) groups is 2. The van der Waals surface area contributed by atoms with Gasteiger partial charge in [-0.3, -0.25) is 9.59 Å². The van der Waals surface area contributed by atoms with Crippen LogP contribution in [-0.2, 0) is 19.1 Å². The van der Waals surface area contributed by atoms with E-state index in [1.807, 2.05) is 43.3 Å². The number of rotatable bonds is 2. The fourth-order valence-electron chi connectivity index (χ4n) is 4.61. The quantitative estimate of drug-likeness (QED) is 0.832. The third kappa shape index (κ3) is 2.01. The lowest BCUT2D eigenvalue weighted by molar-refractivity contribution is -0.203. The molecule has 1 aromatic carbocycles. The van der Waals surface area contributed by atoms with Crippen LogP contribution >= 0.6 is 0 Å². The Morgan fingerprint density at radius 3 is 2.75 bits per heavy atom. The first-order valence-corrected chi connectivity index (χ1v) is 8.32. The Labute approximate surface area is 141 Å². The van der Waals surface area contributed by atoms with Gasteiger partial charge in [-0.2, -0.15) is 0 Å². The molecule has 0 bridgehead atoms. The van der Waals surface area contributed by atoms with Gasteiger partial charge in [0.15, 0.2) is 11.6 Å². The van der Waals surface area contributed by atoms with Crippen LogP contribution in [0.5, 0.6) is 0 Å². The molecule has 2 fully saturated rings. The number of hydrogen-bond acceptors (Lipinski definition) is 5. The lowest BCUT2D eigenvalue weighted by atomic mass is 9.77. The highest BCUT2D eigenvalue weighted by Gasteiger charge is 2.59. The average molecular weight is 327 g/mol. The first-order valence-electron chi connectivity index (χ1n) is 8.32. The summed E-state index contributed by atoms with van der Waals surface area (Å²) in [4.78, 5) is 27.5. The van der Waals surface area contributed by atoms with Crippen molar-refractivity contribution in [3.63, 3.8) is 0 Å². The van der Waals surface area contributed by atoms with Crippen molar-refractivity contribution in [3.05, 3.63) is 35.9 Å². The SMILES string of the molecule is CO[C@H]1OC(C)[C@@H]2[C@H](C1=O)[C@H]1C=Cc3ccccc3N1[C@@H]2C(C)=O. The monoisotopic (exact) mass is 327 g/mol. The number of ketones is 2. The number of benzene rings is 1. The fourth-order valence-corrected chi connectivity index (χ4v) is 4.61. The molecule has 3 aliphatic rings. The Kier molecular flexibility index (Phi) is 3.58. The number of fused-ring (bicyclic) bond motifs is 5. The van der Waals surface area contributed by atoms with Gasteiger partial charge in [0.25, 0.3) is 0 Å². The molecule has 0 spiro atoms. The minimum atomic E-state index is -0.848. The van der Waals surface area contributed by atoms with E-state index in [0.717, 1.165) is 11.3 Å². The third-order valence-electron chi connectivity index (χ3n) is 5.53. The van der Waals surface area contributed by atoms with E-state index in [9.17, 15) is 9.59 Å². The highest BCUT2D eigenvalue weighted by molar-refractivity contribution is 5.95. The summed E-state index contributed by atoms with van der Waals surface area (Å²) < 4.78 is 11.0. The van der Waals surface area contributed by atoms with Gasteiger partial charge in [-0.25, -0.2) is 0 Å². The third-order valence-corrected chi connectivity index (χ3v) is 5.53. The van der Waals surface area contributed by atoms with Gasteiger partial charge in [-0.05, 0) is 25.5 Å². The predicted molar refractivity (Wildman–Crippen MR) is 89.5 cm³/mol. The minimum absolute atomic E-state index is 0.0663. The van der Waals surface area contributed by atoms with Crippen molar-refractivity contribution in [2.75, 3.05) is 12.0 Å². The molecule has 5 heteroatoms. The van der Waals surface area contributed by atoms with Gasteiger partial charge >= 0.3 is 0 Å². The van der Waals surface area contributed by atoms with E-state index in [1.54, 1.807) is 6.92 Å². The molecule has 6 atom stereocenters. The van der Waals surface area contributed by atoms with Crippen LogP contribution in [0.15, 0.2) is 30.3 Å². The highest BCUT2D eigenvalue weighted by Crippen LogP contribution is 2.48. The lowest BCUT2D eigenvalue weighted by Gasteiger charge is -2.36. The number of Topliss-reactive ketones (excluding diaryl/α,β-unsaturated/α-hetero) is 2. The van der Waals surface area contributed by atoms with Gasteiger partial charge in [0, 0.05) is 18.7 Å². The number of methoxy groups -OCH3 is 1. The molecule has 4 rings (SSSR count). The summed E-state index contributed by atoms with van der Waals surface area (Å²) in [7, 11) is 1.48. The number of para-hydroxylation sites is 1. The Bertz CT molecular complexity index is 728. The molecule has 0 aliphatic carbocycles. The second kappa shape index (κ2) is 5.53. The molecule has 24 heavy (non-hydrogen) atoms. The van der Waals surface area contributed by atoms with Gasteiger partial charge < -0.3 is 14.4 Å². The van der Waals surface area contributed by atoms with Gasteiger partial charge in [0.1, 0.15) is 0 Å². The second-order valence-electron chi connectivity index (χ2n) is 6.79. The van der Waals surface area contributed by atoms with Crippen LogP contribution in [-0.4, -0.2) is 43.2 Å². The Morgan fingerprint density at radius 2 is 2.04 bits per heavy atom. The molecule has 1 unspecified atom stereocenters. The van der Waals surface area contributed by atoms with Crippen molar-refractivity contribution >= 4 is 23.3 Å². The highest BCUT2D eigenvalue weighted by atomic mass is 16.7. The number of nitrogens with zero attached hydrogens (tertiary/aromatic N) is 1. The summed E-state index contributed by atoms with van der Waals surface area (Å²) in [6, 6.07) is 7.50. The summed E-state index contributed by atoms with van der Waals surface area (Å²) in [6.45, 7) is 3.53. The molecule has 1 aromatic rings. The molecule has 3 aliphatic heterocycles. The zero-order chi connectivity index (χ0) is 17.0. The number of ether oxygens (including phenoxy) is 2. The summed E-state index contributed by atoms with van der Waals surface area (Å²) in [6.07, 6.45) is 3.02. The second-order valence-corrected chi connectivity index (χ2v) is 6.79. The summed E-state index contributed by atoms with van der Waals surface area (Å²) in [5.41, 5.74) is 2.08. The van der Waals surface area contributed by atoms with Gasteiger partial charge in [-0.15, -0.1) is 0 Å². The topological polar surface area (TPSA) is 55.8 Å². The fraction of sp³-hybridized carbons (Fsp3) is 0.474. The first-order chi connectivity index (χ1) is 11.5. The van der Waals surface area contributed by atoms with E-state index in [0.29, 0.717) is 0 Å². The predicted octanol–water partition coefficient (Wildman–Crippen LogP) is 2.05. The molecule has 3 heterocycles. The van der Waals surface area contributed by atoms with E-state index in [2.05, 4.69) is 4.90 Å². The molecular weight excluding hydrogens is 306 g/mol. The number of anilines is 1. The smallest absolute Gasteiger partial charge is 0.218 e. The maximum Gasteiger partial charge on any atom is 0.218 e. The maximum atomic E-state index is 12.9. The normalized spacial score (nSPS) is 37.0. The molecule has 0 N–H and O–H groups in total.